The first-order valence-corrected chi connectivity index (χ1v) is 11.3. The first-order valence-electron chi connectivity index (χ1n) is 11.3. The summed E-state index contributed by atoms with van der Waals surface area (Å²) in [6.45, 7) is 6.61. The minimum absolute atomic E-state index is 0.0439. The number of carbonyl (C=O) groups excluding carboxylic acids is 1. The molecule has 3 N–H and O–H groups in total. The Hall–Kier alpha value is -3.98. The zero-order valence-corrected chi connectivity index (χ0v) is 19.4. The molecule has 3 aromatic rings. The van der Waals surface area contributed by atoms with Crippen molar-refractivity contribution in [2.75, 3.05) is 36.5 Å². The molecule has 0 spiro atoms. The van der Waals surface area contributed by atoms with Crippen LogP contribution < -0.4 is 10.2 Å². The molecule has 4 rings (SSSR count). The number of urea groups is 1. The number of amidine groups is 2. The second-order valence-corrected chi connectivity index (χ2v) is 8.15. The Kier molecular flexibility index (Phi) is 7.34. The molecule has 0 aliphatic carbocycles. The molecule has 9 nitrogen and oxygen atoms in total. The Morgan fingerprint density at radius 1 is 1.18 bits per heavy atom. The van der Waals surface area contributed by atoms with Crippen molar-refractivity contribution in [2.45, 2.75) is 19.9 Å². The van der Waals surface area contributed by atoms with E-state index in [1.165, 1.54) is 0 Å². The summed E-state index contributed by atoms with van der Waals surface area (Å²) in [6.07, 6.45) is 5.19. The zero-order valence-electron chi connectivity index (χ0n) is 19.4. The third kappa shape index (κ3) is 5.49. The first-order chi connectivity index (χ1) is 16.5. The smallest absolute Gasteiger partial charge is 0.326 e. The topological polar surface area (TPSA) is 110 Å². The lowest BCUT2D eigenvalue weighted by Gasteiger charge is -2.29. The van der Waals surface area contributed by atoms with E-state index < -0.39 is 0 Å². The summed E-state index contributed by atoms with van der Waals surface area (Å²) in [5.74, 6) is 0.868. The number of amides is 2. The van der Waals surface area contributed by atoms with Gasteiger partial charge in [0.2, 0.25) is 0 Å². The molecule has 2 amide bonds. The van der Waals surface area contributed by atoms with E-state index >= 15 is 0 Å². The van der Waals surface area contributed by atoms with Crippen LogP contribution in [-0.2, 0) is 4.74 Å². The number of aromatic amines is 1. The van der Waals surface area contributed by atoms with Gasteiger partial charge in [0.15, 0.2) is 11.7 Å². The maximum absolute atomic E-state index is 12.9. The molecule has 176 valence electrons. The SMILES string of the molecule is CC(C)N(C(=O)Nc1ccc(C(=N)/N=C(\c2ccc[nH]2)N2CCOCC2)cc1)c1cccnc1. The fourth-order valence-corrected chi connectivity index (χ4v) is 3.76. The monoisotopic (exact) mass is 459 g/mol. The third-order valence-electron chi connectivity index (χ3n) is 5.44. The molecule has 1 aromatic carbocycles. The molecule has 1 saturated heterocycles. The van der Waals surface area contributed by atoms with Crippen LogP contribution in [0.5, 0.6) is 0 Å². The fourth-order valence-electron chi connectivity index (χ4n) is 3.76. The maximum atomic E-state index is 12.9. The lowest BCUT2D eigenvalue weighted by Crippen LogP contribution is -2.41. The van der Waals surface area contributed by atoms with E-state index in [1.807, 2.05) is 38.2 Å². The third-order valence-corrected chi connectivity index (χ3v) is 5.44. The second kappa shape index (κ2) is 10.8. The van der Waals surface area contributed by atoms with Crippen molar-refractivity contribution in [3.63, 3.8) is 0 Å². The Morgan fingerprint density at radius 3 is 2.56 bits per heavy atom. The molecular weight excluding hydrogens is 430 g/mol. The molecule has 2 aromatic heterocycles. The number of H-pyrrole nitrogens is 1. The van der Waals surface area contributed by atoms with Gasteiger partial charge in [0, 0.05) is 42.8 Å². The minimum Gasteiger partial charge on any atom is -0.378 e. The average Bonchev–Trinajstić information content (AvgIpc) is 3.38. The Bertz CT molecular complexity index is 1120. The van der Waals surface area contributed by atoms with Crippen LogP contribution in [0.4, 0.5) is 16.2 Å². The van der Waals surface area contributed by atoms with Crippen LogP contribution >= 0.6 is 0 Å². The number of aliphatic imine (C=N–C) groups is 1. The van der Waals surface area contributed by atoms with Crippen molar-refractivity contribution >= 4 is 29.1 Å². The standard InChI is InChI=1S/C25H29N7O2/c1-18(2)32(21-5-3-11-27-17-21)25(33)29-20-9-7-19(8-10-20)23(26)30-24(22-6-4-12-28-22)31-13-15-34-16-14-31/h3-12,17-18,26,28H,13-16H2,1-2H3,(H,29,33)/b26-23?,30-24+. The van der Waals surface area contributed by atoms with Crippen molar-refractivity contribution in [1.29, 1.82) is 5.41 Å². The summed E-state index contributed by atoms with van der Waals surface area (Å²) in [5, 5.41) is 11.5. The van der Waals surface area contributed by atoms with Crippen LogP contribution in [0.3, 0.4) is 0 Å². The lowest BCUT2D eigenvalue weighted by molar-refractivity contribution is 0.0682. The zero-order chi connectivity index (χ0) is 23.9. The van der Waals surface area contributed by atoms with Crippen LogP contribution in [0.1, 0.15) is 25.1 Å². The van der Waals surface area contributed by atoms with Gasteiger partial charge in [-0.25, -0.2) is 9.79 Å². The predicted octanol–water partition coefficient (Wildman–Crippen LogP) is 3.96. The summed E-state index contributed by atoms with van der Waals surface area (Å²) in [6, 6.07) is 14.4. The number of carbonyl (C=O) groups is 1. The normalized spacial score (nSPS) is 14.2. The number of hydrogen-bond donors (Lipinski definition) is 3. The van der Waals surface area contributed by atoms with Gasteiger partial charge in [0.1, 0.15) is 0 Å². The summed E-state index contributed by atoms with van der Waals surface area (Å²) in [4.78, 5) is 28.6. The molecule has 1 aliphatic heterocycles. The summed E-state index contributed by atoms with van der Waals surface area (Å²) < 4.78 is 5.46. The fraction of sp³-hybridized carbons (Fsp3) is 0.280. The molecule has 34 heavy (non-hydrogen) atoms. The van der Waals surface area contributed by atoms with E-state index in [2.05, 4.69) is 25.2 Å². The van der Waals surface area contributed by atoms with Crippen molar-refractivity contribution in [2.24, 2.45) is 4.99 Å². The van der Waals surface area contributed by atoms with E-state index in [0.29, 0.717) is 24.5 Å². The van der Waals surface area contributed by atoms with E-state index in [4.69, 9.17) is 10.1 Å². The number of hydrogen-bond acceptors (Lipinski definition) is 4. The second-order valence-electron chi connectivity index (χ2n) is 8.15. The number of benzene rings is 1. The molecule has 9 heteroatoms. The highest BCUT2D eigenvalue weighted by molar-refractivity contribution is 6.10. The molecule has 0 atom stereocenters. The van der Waals surface area contributed by atoms with Gasteiger partial charge in [-0.15, -0.1) is 0 Å². The number of ether oxygens (including phenoxy) is 1. The van der Waals surface area contributed by atoms with Crippen molar-refractivity contribution < 1.29 is 9.53 Å². The molecule has 0 radical (unpaired) electrons. The highest BCUT2D eigenvalue weighted by Gasteiger charge is 2.20. The highest BCUT2D eigenvalue weighted by Crippen LogP contribution is 2.18. The molecule has 3 heterocycles. The number of nitrogens with one attached hydrogen (secondary N) is 3. The predicted molar refractivity (Wildman–Crippen MR) is 134 cm³/mol. The Labute approximate surface area is 199 Å². The average molecular weight is 460 g/mol. The number of nitrogens with zero attached hydrogens (tertiary/aromatic N) is 4. The van der Waals surface area contributed by atoms with E-state index in [1.54, 1.807) is 47.6 Å². The van der Waals surface area contributed by atoms with Gasteiger partial charge in [-0.2, -0.15) is 0 Å². The van der Waals surface area contributed by atoms with Gasteiger partial charge in [-0.3, -0.25) is 15.3 Å². The molecule has 1 aliphatic rings. The Balaban J connectivity index is 1.49. The van der Waals surface area contributed by atoms with Gasteiger partial charge in [0.05, 0.1) is 30.8 Å². The molecular formula is C25H29N7O2. The summed E-state index contributed by atoms with van der Waals surface area (Å²) in [5.41, 5.74) is 2.88. The number of pyridine rings is 1. The van der Waals surface area contributed by atoms with E-state index in [9.17, 15) is 4.79 Å². The minimum atomic E-state index is -0.245. The lowest BCUT2D eigenvalue weighted by atomic mass is 10.2. The van der Waals surface area contributed by atoms with Crippen LogP contribution in [0.15, 0.2) is 72.1 Å². The first kappa shape index (κ1) is 23.2. The van der Waals surface area contributed by atoms with Gasteiger partial charge < -0.3 is 19.9 Å². The summed E-state index contributed by atoms with van der Waals surface area (Å²) >= 11 is 0. The van der Waals surface area contributed by atoms with E-state index in [-0.39, 0.29) is 17.9 Å². The molecule has 0 bridgehead atoms. The number of anilines is 2. The van der Waals surface area contributed by atoms with Crippen LogP contribution in [-0.4, -0.2) is 64.9 Å². The van der Waals surface area contributed by atoms with Crippen molar-refractivity contribution in [3.8, 4) is 0 Å². The molecule has 1 fully saturated rings. The molecule has 0 unspecified atom stereocenters. The highest BCUT2D eigenvalue weighted by atomic mass is 16.5. The number of morpholine rings is 1. The van der Waals surface area contributed by atoms with Gasteiger partial charge in [0.25, 0.3) is 0 Å². The van der Waals surface area contributed by atoms with Gasteiger partial charge in [-0.1, -0.05) is 0 Å². The number of aromatic nitrogens is 2. The van der Waals surface area contributed by atoms with Crippen LogP contribution in [0.2, 0.25) is 0 Å². The number of rotatable bonds is 5. The quantitative estimate of drug-likeness (QED) is 0.396. The van der Waals surface area contributed by atoms with Crippen LogP contribution in [0.25, 0.3) is 0 Å². The van der Waals surface area contributed by atoms with Gasteiger partial charge >= 0.3 is 6.03 Å². The maximum Gasteiger partial charge on any atom is 0.326 e. The molecule has 0 saturated carbocycles. The van der Waals surface area contributed by atoms with Gasteiger partial charge in [-0.05, 0) is 62.4 Å². The van der Waals surface area contributed by atoms with E-state index in [0.717, 1.165) is 30.3 Å². The Morgan fingerprint density at radius 2 is 1.94 bits per heavy atom. The van der Waals surface area contributed by atoms with Crippen molar-refractivity contribution in [1.82, 2.24) is 14.9 Å². The largest absolute Gasteiger partial charge is 0.378 e. The van der Waals surface area contributed by atoms with Crippen molar-refractivity contribution in [3.05, 3.63) is 78.4 Å². The summed E-state index contributed by atoms with van der Waals surface area (Å²) in [7, 11) is 0. The van der Waals surface area contributed by atoms with Crippen LogP contribution in [0, 0.1) is 5.41 Å².